The summed E-state index contributed by atoms with van der Waals surface area (Å²) < 4.78 is 7.62. The van der Waals surface area contributed by atoms with Crippen LogP contribution in [0.4, 0.5) is 0 Å². The van der Waals surface area contributed by atoms with Crippen molar-refractivity contribution in [3.05, 3.63) is 35.1 Å². The molecule has 9 heteroatoms. The van der Waals surface area contributed by atoms with Gasteiger partial charge in [-0.25, -0.2) is 0 Å². The third kappa shape index (κ3) is 5.18. The minimum absolute atomic E-state index is 0.169. The second-order valence-electron chi connectivity index (χ2n) is 6.89. The van der Waals surface area contributed by atoms with Crippen LogP contribution < -0.4 is 9.64 Å². The van der Waals surface area contributed by atoms with Crippen LogP contribution in [0, 0.1) is 0 Å². The van der Waals surface area contributed by atoms with Crippen LogP contribution >= 0.6 is 23.4 Å². The lowest BCUT2D eigenvalue weighted by atomic mass is 10.3. The van der Waals surface area contributed by atoms with Crippen LogP contribution in [0.25, 0.3) is 0 Å². The van der Waals surface area contributed by atoms with Gasteiger partial charge < -0.3 is 19.1 Å². The zero-order valence-corrected chi connectivity index (χ0v) is 18.1. The highest BCUT2D eigenvalue weighted by Gasteiger charge is 2.28. The van der Waals surface area contributed by atoms with E-state index in [-0.39, 0.29) is 11.2 Å². The number of ether oxygens (including phenoxy) is 1. The number of nitrogens with one attached hydrogen (secondary N) is 1. The fourth-order valence-electron chi connectivity index (χ4n) is 3.11. The topological polar surface area (TPSA) is 64.7 Å². The summed E-state index contributed by atoms with van der Waals surface area (Å²) in [5.41, 5.74) is 0. The fourth-order valence-corrected chi connectivity index (χ4v) is 4.16. The highest BCUT2D eigenvalue weighted by atomic mass is 35.5. The van der Waals surface area contributed by atoms with E-state index >= 15 is 0 Å². The summed E-state index contributed by atoms with van der Waals surface area (Å²) in [4.78, 5) is 16.3. The molecule has 2 heterocycles. The number of rotatable bonds is 7. The van der Waals surface area contributed by atoms with Crippen LogP contribution in [-0.2, 0) is 18.4 Å². The molecule has 1 saturated heterocycles. The number of likely N-dealkylation sites (N-methyl/N-ethyl adjacent to an activating group) is 1. The number of nitrogens with zero attached hydrogens (tertiary/aromatic N) is 4. The first kappa shape index (κ1) is 21.0. The molecule has 28 heavy (non-hydrogen) atoms. The van der Waals surface area contributed by atoms with Gasteiger partial charge in [0.25, 0.3) is 0 Å². The summed E-state index contributed by atoms with van der Waals surface area (Å²) in [6.07, 6.45) is 0. The first-order chi connectivity index (χ1) is 13.5. The zero-order valence-electron chi connectivity index (χ0n) is 16.5. The summed E-state index contributed by atoms with van der Waals surface area (Å²) in [5.74, 6) is 1.60. The van der Waals surface area contributed by atoms with E-state index in [9.17, 15) is 4.79 Å². The van der Waals surface area contributed by atoms with Crippen LogP contribution in [-0.4, -0.2) is 63.5 Å². The second-order valence-corrected chi connectivity index (χ2v) is 8.63. The number of amides is 1. The lowest BCUT2D eigenvalue weighted by Crippen LogP contribution is -3.14. The van der Waals surface area contributed by atoms with Gasteiger partial charge in [-0.15, -0.1) is 10.2 Å². The third-order valence-corrected chi connectivity index (χ3v) is 6.39. The van der Waals surface area contributed by atoms with Crippen molar-refractivity contribution in [2.75, 3.05) is 32.7 Å². The maximum Gasteiger partial charge on any atom is 0.236 e. The molecule has 0 radical (unpaired) electrons. The van der Waals surface area contributed by atoms with Crippen molar-refractivity contribution < 1.29 is 14.4 Å². The third-order valence-electron chi connectivity index (χ3n) is 5.02. The number of carbonyl (C=O) groups excluding carboxylic acids is 1. The molecule has 1 aromatic carbocycles. The molecule has 0 bridgehead atoms. The van der Waals surface area contributed by atoms with Crippen LogP contribution in [0.2, 0.25) is 5.02 Å². The second kappa shape index (κ2) is 9.62. The van der Waals surface area contributed by atoms with Crippen molar-refractivity contribution in [1.82, 2.24) is 19.7 Å². The number of piperazine rings is 1. The Balaban J connectivity index is 1.54. The summed E-state index contributed by atoms with van der Waals surface area (Å²) in [6.45, 7) is 9.24. The summed E-state index contributed by atoms with van der Waals surface area (Å²) in [7, 11) is 1.89. The molecule has 0 spiro atoms. The number of hydrogen-bond donors (Lipinski definition) is 1. The van der Waals surface area contributed by atoms with Crippen LogP contribution in [0.15, 0.2) is 29.4 Å². The molecule has 1 amide bonds. The Hall–Kier alpha value is -1.77. The highest BCUT2D eigenvalue weighted by molar-refractivity contribution is 8.00. The summed E-state index contributed by atoms with van der Waals surface area (Å²) >= 11 is 7.33. The molecule has 7 nitrogen and oxygen atoms in total. The van der Waals surface area contributed by atoms with Gasteiger partial charge in [0.2, 0.25) is 5.91 Å². The van der Waals surface area contributed by atoms with E-state index in [4.69, 9.17) is 16.3 Å². The molecule has 2 aromatic rings. The van der Waals surface area contributed by atoms with Crippen molar-refractivity contribution in [3.8, 4) is 5.75 Å². The SMILES string of the molecule is CC[NH+]1CCN(C(=O)[C@H](C)Sc2nnc(COc3ccc(Cl)cc3)n2C)CC1. The average molecular weight is 425 g/mol. The van der Waals surface area contributed by atoms with E-state index in [0.717, 1.165) is 38.5 Å². The van der Waals surface area contributed by atoms with E-state index in [1.165, 1.54) is 11.8 Å². The number of hydrogen-bond acceptors (Lipinski definition) is 5. The molecule has 1 fully saturated rings. The number of thioether (sulfide) groups is 1. The van der Waals surface area contributed by atoms with Gasteiger partial charge in [0.1, 0.15) is 12.4 Å². The monoisotopic (exact) mass is 424 g/mol. The van der Waals surface area contributed by atoms with Gasteiger partial charge in [0.15, 0.2) is 11.0 Å². The predicted octanol–water partition coefficient (Wildman–Crippen LogP) is 1.28. The van der Waals surface area contributed by atoms with Gasteiger partial charge >= 0.3 is 0 Å². The molecule has 0 saturated carbocycles. The molecule has 0 aliphatic carbocycles. The van der Waals surface area contributed by atoms with Gasteiger partial charge in [0.05, 0.1) is 38.0 Å². The van der Waals surface area contributed by atoms with Crippen LogP contribution in [0.3, 0.4) is 0 Å². The van der Waals surface area contributed by atoms with Crippen molar-refractivity contribution in [1.29, 1.82) is 0 Å². The van der Waals surface area contributed by atoms with Crippen molar-refractivity contribution >= 4 is 29.3 Å². The minimum atomic E-state index is -0.198. The normalized spacial score (nSPS) is 16.2. The van der Waals surface area contributed by atoms with Crippen molar-refractivity contribution in [3.63, 3.8) is 0 Å². The van der Waals surface area contributed by atoms with Gasteiger partial charge in [-0.2, -0.15) is 0 Å². The Labute approximate surface area is 175 Å². The van der Waals surface area contributed by atoms with Gasteiger partial charge in [-0.1, -0.05) is 23.4 Å². The lowest BCUT2D eigenvalue weighted by Gasteiger charge is -2.32. The molecule has 152 valence electrons. The first-order valence-electron chi connectivity index (χ1n) is 9.53. The van der Waals surface area contributed by atoms with Gasteiger partial charge in [0, 0.05) is 12.1 Å². The summed E-state index contributed by atoms with van der Waals surface area (Å²) in [6, 6.07) is 7.19. The minimum Gasteiger partial charge on any atom is -0.486 e. The molecule has 0 unspecified atom stereocenters. The molecule has 1 N–H and O–H groups in total. The van der Waals surface area contributed by atoms with E-state index in [1.54, 1.807) is 17.0 Å². The quantitative estimate of drug-likeness (QED) is 0.678. The van der Waals surface area contributed by atoms with Crippen molar-refractivity contribution in [2.45, 2.75) is 30.9 Å². The Kier molecular flexibility index (Phi) is 7.20. The van der Waals surface area contributed by atoms with E-state index in [1.807, 2.05) is 35.6 Å². The van der Waals surface area contributed by atoms with E-state index in [2.05, 4.69) is 17.1 Å². The predicted molar refractivity (Wildman–Crippen MR) is 110 cm³/mol. The average Bonchev–Trinajstić information content (AvgIpc) is 3.06. The largest absolute Gasteiger partial charge is 0.486 e. The van der Waals surface area contributed by atoms with Gasteiger partial charge in [-0.3, -0.25) is 4.79 Å². The number of halogens is 1. The van der Waals surface area contributed by atoms with Crippen LogP contribution in [0.5, 0.6) is 5.75 Å². The van der Waals surface area contributed by atoms with E-state index in [0.29, 0.717) is 22.6 Å². The zero-order chi connectivity index (χ0) is 20.1. The molecule has 3 rings (SSSR count). The Morgan fingerprint density at radius 2 is 1.96 bits per heavy atom. The van der Waals surface area contributed by atoms with Gasteiger partial charge in [-0.05, 0) is 38.1 Å². The smallest absolute Gasteiger partial charge is 0.236 e. The fraction of sp³-hybridized carbons (Fsp3) is 0.526. The number of carbonyl (C=O) groups is 1. The maximum absolute atomic E-state index is 12.8. The maximum atomic E-state index is 12.8. The number of aromatic nitrogens is 3. The van der Waals surface area contributed by atoms with Crippen molar-refractivity contribution in [2.24, 2.45) is 7.05 Å². The molecular weight excluding hydrogens is 398 g/mol. The Bertz CT molecular complexity index is 790. The lowest BCUT2D eigenvalue weighted by molar-refractivity contribution is -0.902. The standard InChI is InChI=1S/C19H26ClN5O2S/c1-4-24-9-11-25(12-10-24)18(26)14(2)28-19-22-21-17(23(19)3)13-27-16-7-5-15(20)6-8-16/h5-8,14H,4,9-13H2,1-3H3/p+1/t14-/m0/s1. The Morgan fingerprint density at radius 1 is 1.29 bits per heavy atom. The summed E-state index contributed by atoms with van der Waals surface area (Å²) in [5, 5.41) is 9.63. The molecule has 1 aromatic heterocycles. The number of quaternary nitrogens is 1. The molecule has 1 aliphatic heterocycles. The highest BCUT2D eigenvalue weighted by Crippen LogP contribution is 2.23. The molecule has 1 aliphatic rings. The van der Waals surface area contributed by atoms with E-state index < -0.39 is 0 Å². The molecular formula is C19H27ClN5O2S+. The Morgan fingerprint density at radius 3 is 2.61 bits per heavy atom. The number of benzene rings is 1. The first-order valence-corrected chi connectivity index (χ1v) is 10.8. The molecule has 1 atom stereocenters. The van der Waals surface area contributed by atoms with Crippen LogP contribution in [0.1, 0.15) is 19.7 Å².